The third kappa shape index (κ3) is 2.63. The van der Waals surface area contributed by atoms with Crippen LogP contribution < -0.4 is 4.74 Å². The number of pyridine rings is 1. The lowest BCUT2D eigenvalue weighted by molar-refractivity contribution is 0.300. The Morgan fingerprint density at radius 1 is 1.16 bits per heavy atom. The SMILES string of the molecule is Cc1ccc(OCc2cnc3ccc(Br)cn23)cc1. The van der Waals surface area contributed by atoms with E-state index in [9.17, 15) is 0 Å². The van der Waals surface area contributed by atoms with Crippen LogP contribution in [0.25, 0.3) is 5.65 Å². The van der Waals surface area contributed by atoms with E-state index < -0.39 is 0 Å². The average Bonchev–Trinajstić information content (AvgIpc) is 2.80. The molecule has 0 saturated heterocycles. The molecular formula is C15H13BrN2O. The lowest BCUT2D eigenvalue weighted by Crippen LogP contribution is -1.99. The van der Waals surface area contributed by atoms with Gasteiger partial charge in [0, 0.05) is 10.7 Å². The van der Waals surface area contributed by atoms with Crippen molar-refractivity contribution in [3.05, 3.63) is 64.5 Å². The molecule has 0 aliphatic rings. The third-order valence-electron chi connectivity index (χ3n) is 2.95. The van der Waals surface area contributed by atoms with Crippen LogP contribution in [0.3, 0.4) is 0 Å². The smallest absolute Gasteiger partial charge is 0.137 e. The van der Waals surface area contributed by atoms with Crippen LogP contribution in [0.4, 0.5) is 0 Å². The molecule has 2 aromatic heterocycles. The highest BCUT2D eigenvalue weighted by atomic mass is 79.9. The Morgan fingerprint density at radius 2 is 1.95 bits per heavy atom. The van der Waals surface area contributed by atoms with Gasteiger partial charge in [-0.15, -0.1) is 0 Å². The van der Waals surface area contributed by atoms with Crippen molar-refractivity contribution in [3.63, 3.8) is 0 Å². The molecule has 3 nitrogen and oxygen atoms in total. The van der Waals surface area contributed by atoms with Gasteiger partial charge in [0.2, 0.25) is 0 Å². The molecule has 0 atom stereocenters. The van der Waals surface area contributed by atoms with Gasteiger partial charge in [-0.05, 0) is 47.1 Å². The van der Waals surface area contributed by atoms with Crippen LogP contribution in [0.5, 0.6) is 5.75 Å². The first-order valence-electron chi connectivity index (χ1n) is 6.03. The topological polar surface area (TPSA) is 26.5 Å². The highest BCUT2D eigenvalue weighted by molar-refractivity contribution is 9.10. The van der Waals surface area contributed by atoms with Crippen LogP contribution in [0.2, 0.25) is 0 Å². The van der Waals surface area contributed by atoms with E-state index in [0.29, 0.717) is 6.61 Å². The first kappa shape index (κ1) is 12.2. The summed E-state index contributed by atoms with van der Waals surface area (Å²) in [5, 5.41) is 0. The molecule has 96 valence electrons. The van der Waals surface area contributed by atoms with E-state index in [1.807, 2.05) is 53.2 Å². The Balaban J connectivity index is 1.81. The largest absolute Gasteiger partial charge is 0.487 e. The molecule has 0 unspecified atom stereocenters. The molecule has 0 N–H and O–H groups in total. The monoisotopic (exact) mass is 316 g/mol. The molecule has 0 amide bonds. The molecule has 3 rings (SSSR count). The van der Waals surface area contributed by atoms with Crippen molar-refractivity contribution >= 4 is 21.6 Å². The van der Waals surface area contributed by atoms with Crippen molar-refractivity contribution in [2.45, 2.75) is 13.5 Å². The van der Waals surface area contributed by atoms with Crippen molar-refractivity contribution in [2.24, 2.45) is 0 Å². The quantitative estimate of drug-likeness (QED) is 0.730. The second kappa shape index (κ2) is 5.05. The van der Waals surface area contributed by atoms with Gasteiger partial charge in [0.25, 0.3) is 0 Å². The van der Waals surface area contributed by atoms with Crippen LogP contribution in [0.1, 0.15) is 11.3 Å². The van der Waals surface area contributed by atoms with Gasteiger partial charge < -0.3 is 4.74 Å². The van der Waals surface area contributed by atoms with Gasteiger partial charge >= 0.3 is 0 Å². The number of ether oxygens (including phenoxy) is 1. The Morgan fingerprint density at radius 3 is 2.74 bits per heavy atom. The van der Waals surface area contributed by atoms with Crippen LogP contribution in [0.15, 0.2) is 53.3 Å². The molecule has 0 fully saturated rings. The van der Waals surface area contributed by atoms with E-state index >= 15 is 0 Å². The number of fused-ring (bicyclic) bond motifs is 1. The maximum atomic E-state index is 5.78. The molecule has 1 aromatic carbocycles. The molecule has 0 saturated carbocycles. The molecule has 0 aliphatic carbocycles. The second-order valence-corrected chi connectivity index (χ2v) is 5.34. The van der Waals surface area contributed by atoms with Gasteiger partial charge in [0.05, 0.1) is 11.9 Å². The fraction of sp³-hybridized carbons (Fsp3) is 0.133. The number of aryl methyl sites for hydroxylation is 1. The summed E-state index contributed by atoms with van der Waals surface area (Å²) in [6.07, 6.45) is 3.84. The molecule has 0 bridgehead atoms. The normalized spacial score (nSPS) is 10.8. The minimum Gasteiger partial charge on any atom is -0.487 e. The van der Waals surface area contributed by atoms with E-state index in [0.717, 1.165) is 21.6 Å². The minimum absolute atomic E-state index is 0.501. The van der Waals surface area contributed by atoms with Crippen LogP contribution >= 0.6 is 15.9 Å². The lowest BCUT2D eigenvalue weighted by Gasteiger charge is -2.06. The van der Waals surface area contributed by atoms with Crippen molar-refractivity contribution < 1.29 is 4.74 Å². The summed E-state index contributed by atoms with van der Waals surface area (Å²) in [4.78, 5) is 4.35. The molecule has 0 aliphatic heterocycles. The molecule has 0 radical (unpaired) electrons. The Kier molecular flexibility index (Phi) is 3.25. The minimum atomic E-state index is 0.501. The third-order valence-corrected chi connectivity index (χ3v) is 3.42. The molecule has 4 heteroatoms. The van der Waals surface area contributed by atoms with E-state index in [1.165, 1.54) is 5.56 Å². The lowest BCUT2D eigenvalue weighted by atomic mass is 10.2. The van der Waals surface area contributed by atoms with Gasteiger partial charge in [-0.3, -0.25) is 4.40 Å². The Labute approximate surface area is 120 Å². The zero-order valence-corrected chi connectivity index (χ0v) is 12.1. The van der Waals surface area contributed by atoms with Gasteiger partial charge in [-0.25, -0.2) is 4.98 Å². The Hall–Kier alpha value is -1.81. The zero-order valence-electron chi connectivity index (χ0n) is 10.5. The number of aromatic nitrogens is 2. The van der Waals surface area contributed by atoms with E-state index in [-0.39, 0.29) is 0 Å². The van der Waals surface area contributed by atoms with Gasteiger partial charge in [-0.2, -0.15) is 0 Å². The fourth-order valence-electron chi connectivity index (χ4n) is 1.90. The molecular weight excluding hydrogens is 304 g/mol. The number of hydrogen-bond donors (Lipinski definition) is 0. The summed E-state index contributed by atoms with van der Waals surface area (Å²) in [5.41, 5.74) is 3.17. The van der Waals surface area contributed by atoms with E-state index in [4.69, 9.17) is 4.74 Å². The number of imidazole rings is 1. The van der Waals surface area contributed by atoms with Crippen molar-refractivity contribution in [2.75, 3.05) is 0 Å². The maximum absolute atomic E-state index is 5.78. The number of rotatable bonds is 3. The van der Waals surface area contributed by atoms with Gasteiger partial charge in [0.15, 0.2) is 0 Å². The van der Waals surface area contributed by atoms with Crippen molar-refractivity contribution in [1.82, 2.24) is 9.38 Å². The summed E-state index contributed by atoms with van der Waals surface area (Å²) >= 11 is 3.47. The second-order valence-electron chi connectivity index (χ2n) is 4.43. The fourth-order valence-corrected chi connectivity index (χ4v) is 2.24. The van der Waals surface area contributed by atoms with E-state index in [1.54, 1.807) is 0 Å². The summed E-state index contributed by atoms with van der Waals surface area (Å²) in [7, 11) is 0. The summed E-state index contributed by atoms with van der Waals surface area (Å²) in [6, 6.07) is 12.0. The molecule has 2 heterocycles. The van der Waals surface area contributed by atoms with Crippen molar-refractivity contribution in [3.8, 4) is 5.75 Å². The predicted octanol–water partition coefficient (Wildman–Crippen LogP) is 3.98. The Bertz CT molecular complexity index is 704. The predicted molar refractivity (Wildman–Crippen MR) is 78.4 cm³/mol. The van der Waals surface area contributed by atoms with Gasteiger partial charge in [0.1, 0.15) is 18.0 Å². The summed E-state index contributed by atoms with van der Waals surface area (Å²) in [5.74, 6) is 0.871. The first-order valence-corrected chi connectivity index (χ1v) is 6.82. The summed E-state index contributed by atoms with van der Waals surface area (Å²) in [6.45, 7) is 2.56. The number of halogens is 1. The van der Waals surface area contributed by atoms with Crippen LogP contribution in [-0.4, -0.2) is 9.38 Å². The maximum Gasteiger partial charge on any atom is 0.137 e. The van der Waals surface area contributed by atoms with Crippen LogP contribution in [0, 0.1) is 6.92 Å². The zero-order chi connectivity index (χ0) is 13.2. The standard InChI is InChI=1S/C15H13BrN2O/c1-11-2-5-14(6-3-11)19-10-13-8-17-15-7-4-12(16)9-18(13)15/h2-9H,10H2,1H3. The molecule has 0 spiro atoms. The number of benzene rings is 1. The highest BCUT2D eigenvalue weighted by Gasteiger charge is 2.04. The van der Waals surface area contributed by atoms with Crippen LogP contribution in [-0.2, 0) is 6.61 Å². The highest BCUT2D eigenvalue weighted by Crippen LogP contribution is 2.16. The van der Waals surface area contributed by atoms with E-state index in [2.05, 4.69) is 27.8 Å². The molecule has 3 aromatic rings. The first-order chi connectivity index (χ1) is 9.22. The molecule has 19 heavy (non-hydrogen) atoms. The number of nitrogens with zero attached hydrogens (tertiary/aromatic N) is 2. The van der Waals surface area contributed by atoms with Gasteiger partial charge in [-0.1, -0.05) is 17.7 Å². The number of hydrogen-bond acceptors (Lipinski definition) is 2. The van der Waals surface area contributed by atoms with Crippen molar-refractivity contribution in [1.29, 1.82) is 0 Å². The summed E-state index contributed by atoms with van der Waals surface area (Å²) < 4.78 is 8.83. The average molecular weight is 317 g/mol.